The van der Waals surface area contributed by atoms with Gasteiger partial charge in [0.1, 0.15) is 0 Å². The van der Waals surface area contributed by atoms with Gasteiger partial charge in [-0.1, -0.05) is 249 Å². The van der Waals surface area contributed by atoms with Crippen LogP contribution < -0.4 is 52.0 Å². The van der Waals surface area contributed by atoms with E-state index < -0.39 is 12.9 Å². The van der Waals surface area contributed by atoms with Crippen molar-refractivity contribution in [1.29, 1.82) is 0 Å². The van der Waals surface area contributed by atoms with Gasteiger partial charge in [0.05, 0.1) is 33.4 Å². The monoisotopic (exact) mass is 1450 g/mol. The van der Waals surface area contributed by atoms with Gasteiger partial charge in [0.15, 0.2) is 30.0 Å². The summed E-state index contributed by atoms with van der Waals surface area (Å²) < 4.78 is -2.25. The summed E-state index contributed by atoms with van der Waals surface area (Å²) >= 11 is 46.8. The molecule has 0 fully saturated rings. The topological polar surface area (TPSA) is 113 Å². The molecule has 8 nitrogen and oxygen atoms in total. The molecular formula is C67H43Cl9N8Ni2S2. The molecule has 88 heavy (non-hydrogen) atoms. The Morgan fingerprint density at radius 2 is 0.886 bits per heavy atom. The number of hydrogen-bond acceptors (Lipinski definition) is 1. The minimum Gasteiger partial charge on any atom is -0.658 e. The first-order chi connectivity index (χ1) is 41.8. The zero-order valence-corrected chi connectivity index (χ0v) is 55.8. The van der Waals surface area contributed by atoms with E-state index in [0.29, 0.717) is 0 Å². The fourth-order valence-corrected chi connectivity index (χ4v) is 11.8. The number of halogens is 9. The molecule has 0 spiro atoms. The summed E-state index contributed by atoms with van der Waals surface area (Å²) in [5, 5.41) is 26.2. The molecule has 0 amide bonds. The number of benzene rings is 4. The fraction of sp³-hybridized carbons (Fsp3) is 0.0746. The van der Waals surface area contributed by atoms with Crippen molar-refractivity contribution in [1.82, 2.24) is 19.9 Å². The van der Waals surface area contributed by atoms with Gasteiger partial charge < -0.3 is 41.2 Å². The standard InChI is InChI=1S/C64H40N8S2.3CHCl3.2Ni/c1-5-15-39(16-6-1)59-49-29-23-43(65-49)45-25-33-53(67-45)61(41-19-9-3-10-20-41)63-57(37-55(71-63)47-27-31-51(59)69-47)73-35-13-14-36-74-58-38-56-48-28-32-52(70-48)60(40-17-7-2-8-18-40)50-30-24-44(66-50)46-26-34-54(68-46)62(64(58)72-56)42-21-11-4-12-22-42;3*2-1(3)4;;/h1-34,37-38H,35-36H2;3*1H;;/q-4;;;;2*+2/b14-13+,45-43-,46-44-,55-47-,59-49-,60-50-,63-61-,64-62-;;;;;. The molecule has 4 aromatic carbocycles. The predicted octanol–water partition coefficient (Wildman–Crippen LogP) is 14.3. The van der Waals surface area contributed by atoms with E-state index in [0.717, 1.165) is 156 Å². The minimum atomic E-state index is -0.750. The van der Waals surface area contributed by atoms with Gasteiger partial charge in [0.25, 0.3) is 4.86 Å². The molecule has 0 aliphatic carbocycles. The smallest absolute Gasteiger partial charge is 0.658 e. The molecule has 6 aliphatic rings. The van der Waals surface area contributed by atoms with Gasteiger partial charge in [-0.25, -0.2) is 0 Å². The minimum absolute atomic E-state index is 0. The van der Waals surface area contributed by atoms with E-state index in [-0.39, 0.29) is 33.0 Å². The van der Waals surface area contributed by atoms with E-state index in [9.17, 15) is 0 Å². The SMILES string of the molecule is C1=C[C+]2[N-]/C1=c1/cc/c([n-]1)=C(\c1ccccc1)c1ccc([n-]1)C1=CC(=[S+]C/C=C/CSc3c/c4[n-]/c3=C(/c3ccccc3)[C+]3C=C/C(=c5\cc/c([n-]5)=C(\c5ccccc5)[C+]5C=C/C=4[N-]5)[N-]3)/C(=C/2c2ccccc2)[N-]1.ClC(Cl)Cl.ClC(Cl)Cl.ClC(Cl)Cl.[Ni+2].[Ni+2]. The van der Waals surface area contributed by atoms with Crippen molar-refractivity contribution < 1.29 is 33.0 Å². The maximum atomic E-state index is 5.41. The summed E-state index contributed by atoms with van der Waals surface area (Å²) in [6.45, 7) is 0. The van der Waals surface area contributed by atoms with Crippen LogP contribution in [0, 0.1) is 18.1 Å². The summed E-state index contributed by atoms with van der Waals surface area (Å²) in [4.78, 5) is 23.0. The second-order valence-electron chi connectivity index (χ2n) is 18.8. The van der Waals surface area contributed by atoms with Crippen LogP contribution in [-0.2, 0) is 44.3 Å². The number of alkyl halides is 9. The molecule has 8 aromatic rings. The third-order valence-electron chi connectivity index (χ3n) is 13.5. The zero-order chi connectivity index (χ0) is 59.7. The molecule has 21 heteroatoms. The second-order valence-corrected chi connectivity index (χ2v) is 26.9. The predicted molar refractivity (Wildman–Crippen MR) is 366 cm³/mol. The van der Waals surface area contributed by atoms with Crippen molar-refractivity contribution in [3.05, 3.63) is 329 Å². The average Bonchev–Trinajstić information content (AvgIpc) is 2.77. The summed E-state index contributed by atoms with van der Waals surface area (Å²) in [5.41, 5.74) is 13.9. The molecule has 446 valence electrons. The third kappa shape index (κ3) is 16.2. The first-order valence-electron chi connectivity index (χ1n) is 26.4. The van der Waals surface area contributed by atoms with Crippen LogP contribution in [0.5, 0.6) is 0 Å². The van der Waals surface area contributed by atoms with E-state index in [4.69, 9.17) is 146 Å². The van der Waals surface area contributed by atoms with Gasteiger partial charge in [0, 0.05) is 34.6 Å². The van der Waals surface area contributed by atoms with Crippen LogP contribution in [0.2, 0.25) is 0 Å². The number of rotatable bonds is 9. The zero-order valence-electron chi connectivity index (χ0n) is 45.4. The van der Waals surface area contributed by atoms with Crippen LogP contribution in [-0.4, -0.2) is 29.3 Å². The Hall–Kier alpha value is -5.49. The molecule has 10 heterocycles. The quantitative estimate of drug-likeness (QED) is 0.0272. The molecule has 0 unspecified atom stereocenters. The molecule has 0 radical (unpaired) electrons. The molecule has 0 saturated carbocycles. The Kier molecular flexibility index (Phi) is 24.0. The number of hydrogen-bond donors (Lipinski definition) is 0. The first kappa shape index (κ1) is 66.9. The number of thioether (sulfide) groups is 1. The Morgan fingerprint density at radius 1 is 0.443 bits per heavy atom. The molecule has 14 rings (SSSR count). The van der Waals surface area contributed by atoms with Gasteiger partial charge in [0.2, 0.25) is 0 Å². The maximum absolute atomic E-state index is 5.41. The summed E-state index contributed by atoms with van der Waals surface area (Å²) in [6.07, 6.45) is 19.2. The maximum Gasteiger partial charge on any atom is 2.00 e. The van der Waals surface area contributed by atoms with Gasteiger partial charge >= 0.3 is 33.0 Å². The Bertz CT molecular complexity index is 4360. The summed E-state index contributed by atoms with van der Waals surface area (Å²) in [7, 11) is 0. The summed E-state index contributed by atoms with van der Waals surface area (Å²) in [5.74, 6) is 1.45. The van der Waals surface area contributed by atoms with Gasteiger partial charge in [-0.3, -0.25) is 0 Å². The van der Waals surface area contributed by atoms with Gasteiger partial charge in [-0.05, 0) is 113 Å². The number of fused-ring (bicyclic) bond motifs is 17. The van der Waals surface area contributed by atoms with E-state index in [1.807, 2.05) is 24.3 Å². The molecule has 0 N–H and O–H groups in total. The Morgan fingerprint density at radius 3 is 1.44 bits per heavy atom. The number of allylic oxidation sites excluding steroid dienone is 1. The van der Waals surface area contributed by atoms with Crippen molar-refractivity contribution in [2.45, 2.75) is 17.8 Å². The van der Waals surface area contributed by atoms with Crippen LogP contribution >= 0.6 is 116 Å². The first-order valence-corrected chi connectivity index (χ1v) is 32.3. The number of nitrogens with zero attached hydrogens (tertiary/aromatic N) is 8. The summed E-state index contributed by atoms with van der Waals surface area (Å²) in [6, 6.07) is 58.8. The van der Waals surface area contributed by atoms with E-state index in [1.54, 1.807) is 23.1 Å². The van der Waals surface area contributed by atoms with Crippen molar-refractivity contribution in [2.75, 3.05) is 11.5 Å². The van der Waals surface area contributed by atoms with Crippen molar-refractivity contribution in [3.8, 4) is 0 Å². The van der Waals surface area contributed by atoms with E-state index >= 15 is 0 Å². The van der Waals surface area contributed by atoms with Crippen LogP contribution in [0.3, 0.4) is 0 Å². The molecule has 6 aliphatic heterocycles. The normalized spacial score (nSPS) is 19.9. The molecule has 0 saturated heterocycles. The Labute approximate surface area is 583 Å². The molecule has 0 atom stereocenters. The Balaban J connectivity index is 0.000000607. The van der Waals surface area contributed by atoms with Gasteiger partial charge in [-0.2, -0.15) is 5.69 Å². The fourth-order valence-electron chi connectivity index (χ4n) is 10.0. The molecule has 16 bridgehead atoms. The van der Waals surface area contributed by atoms with Crippen LogP contribution in [0.25, 0.3) is 66.3 Å². The van der Waals surface area contributed by atoms with Crippen LogP contribution in [0.1, 0.15) is 33.6 Å². The average molecular weight is 1460 g/mol. The largest absolute Gasteiger partial charge is 2.00 e. The molecular weight excluding hydrogens is 1420 g/mol. The number of aromatic nitrogens is 4. The van der Waals surface area contributed by atoms with E-state index in [2.05, 4.69) is 194 Å². The van der Waals surface area contributed by atoms with Crippen molar-refractivity contribution in [3.63, 3.8) is 0 Å². The van der Waals surface area contributed by atoms with Crippen LogP contribution in [0.15, 0.2) is 229 Å². The second kappa shape index (κ2) is 31.5. The van der Waals surface area contributed by atoms with Gasteiger partial charge in [-0.15, -0.1) is 44.5 Å². The van der Waals surface area contributed by atoms with Crippen molar-refractivity contribution in [2.24, 2.45) is 0 Å². The van der Waals surface area contributed by atoms with Crippen LogP contribution in [0.4, 0.5) is 0 Å². The third-order valence-corrected chi connectivity index (χ3v) is 15.4. The van der Waals surface area contributed by atoms with Crippen molar-refractivity contribution >= 4 is 177 Å². The molecule has 4 aromatic heterocycles. The van der Waals surface area contributed by atoms with E-state index in [1.165, 1.54) is 0 Å².